The van der Waals surface area contributed by atoms with E-state index in [-0.39, 0.29) is 5.95 Å². The van der Waals surface area contributed by atoms with Gasteiger partial charge >= 0.3 is 0 Å². The molecular formula is C15H18N8O4. The molecule has 12 heteroatoms. The number of nitrogens with zero attached hydrogens (tertiary/aromatic N) is 5. The van der Waals surface area contributed by atoms with Crippen LogP contribution < -0.4 is 16.6 Å². The molecule has 4 rings (SSSR count). The molecule has 27 heavy (non-hydrogen) atoms. The molecule has 0 bridgehead atoms. The lowest BCUT2D eigenvalue weighted by Gasteiger charge is -2.17. The molecule has 7 N–H and O–H groups in total. The van der Waals surface area contributed by atoms with Gasteiger partial charge in [-0.1, -0.05) is 6.07 Å². The second-order valence-electron chi connectivity index (χ2n) is 5.93. The summed E-state index contributed by atoms with van der Waals surface area (Å²) in [6, 6.07) is 5.35. The van der Waals surface area contributed by atoms with Crippen molar-refractivity contribution in [1.29, 1.82) is 0 Å². The van der Waals surface area contributed by atoms with Crippen LogP contribution >= 0.6 is 0 Å². The van der Waals surface area contributed by atoms with Crippen molar-refractivity contribution in [3.05, 3.63) is 30.7 Å². The number of hydrogen-bond acceptors (Lipinski definition) is 11. The predicted molar refractivity (Wildman–Crippen MR) is 93.7 cm³/mol. The third-order valence-corrected chi connectivity index (χ3v) is 4.25. The Hall–Kier alpha value is -2.90. The highest BCUT2D eigenvalue weighted by Crippen LogP contribution is 2.33. The number of hydrogen-bond donors (Lipinski definition) is 6. The minimum Gasteiger partial charge on any atom is -0.394 e. The predicted octanol–water partition coefficient (Wildman–Crippen LogP) is -1.14. The van der Waals surface area contributed by atoms with Gasteiger partial charge in [0.2, 0.25) is 5.95 Å². The van der Waals surface area contributed by atoms with Gasteiger partial charge in [0.1, 0.15) is 24.1 Å². The molecule has 142 valence electrons. The Balaban J connectivity index is 1.77. The Kier molecular flexibility index (Phi) is 4.55. The highest BCUT2D eigenvalue weighted by atomic mass is 16.6. The third-order valence-electron chi connectivity index (χ3n) is 4.25. The summed E-state index contributed by atoms with van der Waals surface area (Å²) in [5.74, 6) is 6.46. The fraction of sp³-hybridized carbons (Fsp3) is 0.333. The van der Waals surface area contributed by atoms with E-state index in [9.17, 15) is 15.3 Å². The maximum Gasteiger partial charge on any atom is 0.241 e. The standard InChI is InChI=1S/C15H18N8O4/c16-22-15-20-12(19-8-3-1-2-4-17-8)9-13(21-15)23(6-18-9)14-11(26)10(25)7(5-24)27-14/h1-4,6-7,10-11,14,24-26H,5,16H2,(H2,17,19,20,21,22)/t7-,10+,11+,14-/m1/s1. The molecule has 1 aliphatic rings. The van der Waals surface area contributed by atoms with Gasteiger partial charge < -0.3 is 25.4 Å². The number of pyridine rings is 1. The Labute approximate surface area is 152 Å². The van der Waals surface area contributed by atoms with E-state index in [0.717, 1.165) is 0 Å². The molecule has 1 saturated heterocycles. The molecule has 0 unspecified atom stereocenters. The van der Waals surface area contributed by atoms with Crippen LogP contribution in [0.3, 0.4) is 0 Å². The van der Waals surface area contributed by atoms with Gasteiger partial charge in [-0.2, -0.15) is 9.97 Å². The number of aromatic nitrogens is 5. The fourth-order valence-electron chi connectivity index (χ4n) is 2.92. The first-order valence-corrected chi connectivity index (χ1v) is 8.14. The Morgan fingerprint density at radius 2 is 2.04 bits per heavy atom. The van der Waals surface area contributed by atoms with Gasteiger partial charge in [-0.15, -0.1) is 0 Å². The smallest absolute Gasteiger partial charge is 0.241 e. The second kappa shape index (κ2) is 7.02. The number of anilines is 3. The van der Waals surface area contributed by atoms with Crippen LogP contribution in [-0.2, 0) is 4.74 Å². The number of hydrazine groups is 1. The average molecular weight is 374 g/mol. The summed E-state index contributed by atoms with van der Waals surface area (Å²) in [6.07, 6.45) is -1.37. The van der Waals surface area contributed by atoms with Crippen molar-refractivity contribution >= 4 is 28.7 Å². The lowest BCUT2D eigenvalue weighted by molar-refractivity contribution is -0.0511. The van der Waals surface area contributed by atoms with E-state index in [1.54, 1.807) is 18.3 Å². The molecule has 4 heterocycles. The minimum atomic E-state index is -1.27. The molecule has 3 aromatic rings. The van der Waals surface area contributed by atoms with Gasteiger partial charge in [0, 0.05) is 6.20 Å². The molecule has 1 fully saturated rings. The molecule has 0 amide bonds. The summed E-state index contributed by atoms with van der Waals surface area (Å²) in [5, 5.41) is 32.6. The van der Waals surface area contributed by atoms with Crippen LogP contribution in [0.5, 0.6) is 0 Å². The molecule has 1 aliphatic heterocycles. The summed E-state index contributed by atoms with van der Waals surface area (Å²) in [5.41, 5.74) is 3.07. The first-order chi connectivity index (χ1) is 13.1. The number of nitrogens with two attached hydrogens (primary N) is 1. The van der Waals surface area contributed by atoms with Gasteiger partial charge in [0.25, 0.3) is 0 Å². The molecule has 0 spiro atoms. The lowest BCUT2D eigenvalue weighted by Crippen LogP contribution is -2.33. The number of ether oxygens (including phenoxy) is 1. The number of nitrogens with one attached hydrogen (secondary N) is 2. The van der Waals surface area contributed by atoms with Crippen molar-refractivity contribution in [2.75, 3.05) is 17.3 Å². The van der Waals surface area contributed by atoms with Crippen LogP contribution in [0.4, 0.5) is 17.6 Å². The Bertz CT molecular complexity index is 936. The molecule has 0 saturated carbocycles. The Morgan fingerprint density at radius 3 is 2.70 bits per heavy atom. The highest BCUT2D eigenvalue weighted by molar-refractivity contribution is 5.86. The monoisotopic (exact) mass is 374 g/mol. The number of aliphatic hydroxyl groups excluding tert-OH is 3. The lowest BCUT2D eigenvalue weighted by atomic mass is 10.1. The van der Waals surface area contributed by atoms with E-state index in [0.29, 0.717) is 22.8 Å². The summed E-state index contributed by atoms with van der Waals surface area (Å²) in [7, 11) is 0. The van der Waals surface area contributed by atoms with Crippen molar-refractivity contribution in [3.8, 4) is 0 Å². The summed E-state index contributed by atoms with van der Waals surface area (Å²) in [4.78, 5) is 17.0. The van der Waals surface area contributed by atoms with Crippen LogP contribution in [0.25, 0.3) is 11.2 Å². The number of rotatable bonds is 5. The second-order valence-corrected chi connectivity index (χ2v) is 5.93. The zero-order valence-electron chi connectivity index (χ0n) is 14.0. The summed E-state index contributed by atoms with van der Waals surface area (Å²) >= 11 is 0. The van der Waals surface area contributed by atoms with Gasteiger partial charge in [-0.25, -0.2) is 15.8 Å². The zero-order chi connectivity index (χ0) is 19.0. The molecule has 4 atom stereocenters. The van der Waals surface area contributed by atoms with Gasteiger partial charge in [0.15, 0.2) is 23.2 Å². The molecule has 3 aromatic heterocycles. The average Bonchev–Trinajstić information content (AvgIpc) is 3.24. The van der Waals surface area contributed by atoms with E-state index >= 15 is 0 Å². The van der Waals surface area contributed by atoms with E-state index in [1.165, 1.54) is 10.9 Å². The number of nitrogen functional groups attached to an aromatic ring is 1. The van der Waals surface area contributed by atoms with Gasteiger partial charge in [0.05, 0.1) is 12.9 Å². The maximum atomic E-state index is 10.3. The van der Waals surface area contributed by atoms with E-state index in [1.807, 2.05) is 6.07 Å². The Morgan fingerprint density at radius 1 is 1.19 bits per heavy atom. The van der Waals surface area contributed by atoms with Crippen LogP contribution in [0, 0.1) is 0 Å². The number of aliphatic hydroxyl groups is 3. The summed E-state index contributed by atoms with van der Waals surface area (Å²) < 4.78 is 7.00. The highest BCUT2D eigenvalue weighted by Gasteiger charge is 2.44. The molecule has 12 nitrogen and oxygen atoms in total. The van der Waals surface area contributed by atoms with Gasteiger partial charge in [-0.05, 0) is 12.1 Å². The summed E-state index contributed by atoms with van der Waals surface area (Å²) in [6.45, 7) is -0.432. The molecule has 0 aliphatic carbocycles. The zero-order valence-corrected chi connectivity index (χ0v) is 14.0. The molecule has 0 radical (unpaired) electrons. The third kappa shape index (κ3) is 3.05. The van der Waals surface area contributed by atoms with Crippen LogP contribution in [0.2, 0.25) is 0 Å². The first kappa shape index (κ1) is 17.5. The quantitative estimate of drug-likeness (QED) is 0.235. The minimum absolute atomic E-state index is 0.106. The van der Waals surface area contributed by atoms with Gasteiger partial charge in [-0.3, -0.25) is 9.99 Å². The van der Waals surface area contributed by atoms with Crippen LogP contribution in [0.15, 0.2) is 30.7 Å². The normalized spacial score (nSPS) is 25.0. The molecule has 0 aromatic carbocycles. The first-order valence-electron chi connectivity index (χ1n) is 8.14. The number of fused-ring (bicyclic) bond motifs is 1. The van der Waals surface area contributed by atoms with E-state index < -0.39 is 31.1 Å². The van der Waals surface area contributed by atoms with E-state index in [4.69, 9.17) is 10.6 Å². The topological polar surface area (TPSA) is 176 Å². The van der Waals surface area contributed by atoms with Crippen LogP contribution in [-0.4, -0.2) is 64.7 Å². The van der Waals surface area contributed by atoms with Crippen molar-refractivity contribution in [2.45, 2.75) is 24.5 Å². The SMILES string of the molecule is NNc1nc(Nc2ccccn2)c2ncn([C@@H]3O[C@H](CO)[C@H](O)[C@@H]3O)c2n1. The van der Waals surface area contributed by atoms with Crippen molar-refractivity contribution < 1.29 is 20.1 Å². The van der Waals surface area contributed by atoms with Crippen molar-refractivity contribution in [1.82, 2.24) is 24.5 Å². The van der Waals surface area contributed by atoms with E-state index in [2.05, 4.69) is 30.7 Å². The van der Waals surface area contributed by atoms with Crippen LogP contribution in [0.1, 0.15) is 6.23 Å². The van der Waals surface area contributed by atoms with Crippen molar-refractivity contribution in [2.24, 2.45) is 5.84 Å². The molecular weight excluding hydrogens is 356 g/mol. The maximum absolute atomic E-state index is 10.3. The largest absolute Gasteiger partial charge is 0.394 e. The fourth-order valence-corrected chi connectivity index (χ4v) is 2.92. The van der Waals surface area contributed by atoms with Crippen molar-refractivity contribution in [3.63, 3.8) is 0 Å². The number of imidazole rings is 1.